The van der Waals surface area contributed by atoms with Gasteiger partial charge >= 0.3 is 33.2 Å². The van der Waals surface area contributed by atoms with Gasteiger partial charge < -0.3 is 0 Å². The van der Waals surface area contributed by atoms with Gasteiger partial charge in [0.05, 0.1) is 0 Å². The molecule has 0 aliphatic rings. The van der Waals surface area contributed by atoms with Crippen molar-refractivity contribution in [1.29, 1.82) is 0 Å². The molecule has 0 amide bonds. The first kappa shape index (κ1) is 11.6. The summed E-state index contributed by atoms with van der Waals surface area (Å²) in [6.45, 7) is 0. The predicted octanol–water partition coefficient (Wildman–Crippen LogP) is 3.59. The van der Waals surface area contributed by atoms with Crippen molar-refractivity contribution in [2.24, 2.45) is 0 Å². The zero-order valence-corrected chi connectivity index (χ0v) is 7.69. The molecule has 1 aromatic carbocycles. The topological polar surface area (TPSA) is 0 Å². The molecule has 0 saturated carbocycles. The Bertz CT molecular complexity index is 171. The molecule has 0 heterocycles. The predicted molar refractivity (Wildman–Crippen MR) is 30.8 cm³/mol. The summed E-state index contributed by atoms with van der Waals surface area (Å²) < 4.78 is 49.5. The summed E-state index contributed by atoms with van der Waals surface area (Å²) in [5.41, 5.74) is 0. The van der Waals surface area contributed by atoms with E-state index in [1.165, 1.54) is 0 Å². The van der Waals surface area contributed by atoms with Crippen molar-refractivity contribution in [3.05, 3.63) is 36.4 Å². The summed E-state index contributed by atoms with van der Waals surface area (Å²) in [5, 5.41) is 0. The van der Waals surface area contributed by atoms with Crippen LogP contribution in [0.15, 0.2) is 30.3 Å². The molecule has 0 radical (unpaired) electrons. The van der Waals surface area contributed by atoms with Gasteiger partial charge in [-0.15, -0.1) is 0 Å². The fraction of sp³-hybridized carbons (Fsp3) is 0. The van der Waals surface area contributed by atoms with E-state index >= 15 is 0 Å². The summed E-state index contributed by atoms with van der Waals surface area (Å²) in [7, 11) is 0. The van der Waals surface area contributed by atoms with Crippen LogP contribution in [0.3, 0.4) is 0 Å². The number of benzene rings is 1. The molecule has 1 aromatic rings. The minimum absolute atomic E-state index is 1.88. The molecule has 0 bridgehead atoms. The molecular formula is C6H5F5Mo-. The Kier molecular flexibility index (Phi) is 3.84. The Hall–Kier alpha value is -0.442. The van der Waals surface area contributed by atoms with Crippen molar-refractivity contribution in [3.63, 3.8) is 0 Å². The van der Waals surface area contributed by atoms with Gasteiger partial charge in [-0.25, -0.2) is 0 Å². The Morgan fingerprint density at radius 1 is 0.750 bits per heavy atom. The molecule has 0 nitrogen and oxygen atoms in total. The van der Waals surface area contributed by atoms with Gasteiger partial charge in [0.1, 0.15) is 0 Å². The zero-order chi connectivity index (χ0) is 9.69. The SMILES string of the molecule is [F][Mo]([F])([F])([F])[F].[c-]1ccccc1. The normalized spacial score (nSPS) is 13.6. The van der Waals surface area contributed by atoms with Crippen molar-refractivity contribution < 1.29 is 33.2 Å². The summed E-state index contributed by atoms with van der Waals surface area (Å²) in [4.78, 5) is 0. The third kappa shape index (κ3) is 22.7. The fourth-order valence-corrected chi connectivity index (χ4v) is 0.342. The van der Waals surface area contributed by atoms with E-state index in [4.69, 9.17) is 0 Å². The molecule has 0 aliphatic heterocycles. The van der Waals surface area contributed by atoms with E-state index in [0.29, 0.717) is 0 Å². The van der Waals surface area contributed by atoms with Crippen molar-refractivity contribution in [3.8, 4) is 0 Å². The van der Waals surface area contributed by atoms with E-state index < -0.39 is 17.4 Å². The van der Waals surface area contributed by atoms with Crippen LogP contribution in [0.5, 0.6) is 0 Å². The molecule has 71 valence electrons. The van der Waals surface area contributed by atoms with Gasteiger partial charge in [-0.1, -0.05) is 0 Å². The van der Waals surface area contributed by atoms with Crippen LogP contribution in [0.25, 0.3) is 0 Å². The molecule has 0 fully saturated rings. The van der Waals surface area contributed by atoms with Crippen molar-refractivity contribution in [1.82, 2.24) is 0 Å². The molecule has 0 unspecified atom stereocenters. The summed E-state index contributed by atoms with van der Waals surface area (Å²) >= 11 is -9.12. The maximum Gasteiger partial charge on any atom is -0.171 e. The zero-order valence-electron chi connectivity index (χ0n) is 5.68. The largest absolute Gasteiger partial charge is 0.184 e. The Morgan fingerprint density at radius 3 is 1.17 bits per heavy atom. The van der Waals surface area contributed by atoms with Crippen LogP contribution in [0.4, 0.5) is 15.8 Å². The Morgan fingerprint density at radius 2 is 1.08 bits per heavy atom. The van der Waals surface area contributed by atoms with Crippen LogP contribution < -0.4 is 0 Å². The summed E-state index contributed by atoms with van der Waals surface area (Å²) in [6.07, 6.45) is 0. The second-order valence-corrected chi connectivity index (χ2v) is 4.53. The molecular weight excluding hydrogens is 263 g/mol. The van der Waals surface area contributed by atoms with Gasteiger partial charge in [-0.2, -0.15) is 36.4 Å². The van der Waals surface area contributed by atoms with Gasteiger partial charge in [-0.05, 0) is 0 Å². The van der Waals surface area contributed by atoms with Gasteiger partial charge in [0, 0.05) is 0 Å². The van der Waals surface area contributed by atoms with Crippen LogP contribution in [-0.4, -0.2) is 0 Å². The molecule has 6 heteroatoms. The van der Waals surface area contributed by atoms with E-state index in [2.05, 4.69) is 6.07 Å². The first-order valence-corrected chi connectivity index (χ1v) is 6.48. The average molecular weight is 268 g/mol. The second kappa shape index (κ2) is 3.99. The third-order valence-electron chi connectivity index (χ3n) is 0.607. The third-order valence-corrected chi connectivity index (χ3v) is 0.607. The van der Waals surface area contributed by atoms with Crippen LogP contribution in [0, 0.1) is 6.07 Å². The number of hydrogen-bond donors (Lipinski definition) is 0. The molecule has 0 N–H and O–H groups in total. The number of hydrogen-bond acceptors (Lipinski definition) is 0. The Labute approximate surface area is 70.1 Å². The van der Waals surface area contributed by atoms with Crippen LogP contribution >= 0.6 is 0 Å². The van der Waals surface area contributed by atoms with E-state index in [1.807, 2.05) is 30.3 Å². The van der Waals surface area contributed by atoms with Crippen LogP contribution in [0.2, 0.25) is 0 Å². The maximum atomic E-state index is 9.90. The van der Waals surface area contributed by atoms with E-state index in [-0.39, 0.29) is 0 Å². The van der Waals surface area contributed by atoms with E-state index in [1.54, 1.807) is 0 Å². The van der Waals surface area contributed by atoms with E-state index in [9.17, 15) is 15.8 Å². The molecule has 0 aromatic heterocycles. The minimum Gasteiger partial charge on any atom is -0.184 e. The van der Waals surface area contributed by atoms with Gasteiger partial charge in [-0.3, -0.25) is 0 Å². The molecule has 0 atom stereocenters. The molecule has 1 rings (SSSR count). The van der Waals surface area contributed by atoms with Crippen LogP contribution in [-0.2, 0) is 17.4 Å². The van der Waals surface area contributed by atoms with Gasteiger partial charge in [0.15, 0.2) is 0 Å². The first-order chi connectivity index (χ1) is 5.24. The fourth-order valence-electron chi connectivity index (χ4n) is 0.342. The number of rotatable bonds is 0. The van der Waals surface area contributed by atoms with Crippen molar-refractivity contribution in [2.45, 2.75) is 0 Å². The second-order valence-electron chi connectivity index (χ2n) is 1.66. The minimum atomic E-state index is -9.12. The van der Waals surface area contributed by atoms with Crippen LogP contribution in [0.1, 0.15) is 0 Å². The Balaban J connectivity index is 0.000000202. The monoisotopic (exact) mass is 270 g/mol. The smallest absolute Gasteiger partial charge is 0.171 e. The van der Waals surface area contributed by atoms with Gasteiger partial charge in [0.25, 0.3) is 0 Å². The van der Waals surface area contributed by atoms with Gasteiger partial charge in [0.2, 0.25) is 0 Å². The molecule has 0 spiro atoms. The number of halogens is 5. The summed E-state index contributed by atoms with van der Waals surface area (Å²) in [5.74, 6) is 0. The summed E-state index contributed by atoms with van der Waals surface area (Å²) in [6, 6.07) is 12.5. The quantitative estimate of drug-likeness (QED) is 0.383. The van der Waals surface area contributed by atoms with Crippen molar-refractivity contribution in [2.75, 3.05) is 0 Å². The maximum absolute atomic E-state index is 9.90. The molecule has 12 heavy (non-hydrogen) atoms. The molecule has 0 saturated heterocycles. The average Bonchev–Trinajstić information content (AvgIpc) is 1.86. The first-order valence-electron chi connectivity index (χ1n) is 2.68. The standard InChI is InChI=1S/C6H5.5FH.Mo/c1-2-4-6-5-3-1;;;;;;/h1-5H;5*1H;/q-1;;;;;;+5/p-5. The molecule has 0 aliphatic carbocycles. The van der Waals surface area contributed by atoms with E-state index in [0.717, 1.165) is 0 Å². The van der Waals surface area contributed by atoms with Crippen molar-refractivity contribution >= 4 is 0 Å².